The normalized spacial score (nSPS) is 12.6. The Morgan fingerprint density at radius 2 is 1.95 bits per heavy atom. The summed E-state index contributed by atoms with van der Waals surface area (Å²) in [6, 6.07) is 4.08. The molecule has 120 valence electrons. The lowest BCUT2D eigenvalue weighted by Gasteiger charge is -2.15. The summed E-state index contributed by atoms with van der Waals surface area (Å²) in [7, 11) is 0. The van der Waals surface area contributed by atoms with Crippen LogP contribution in [0.4, 0.5) is 0 Å². The zero-order chi connectivity index (χ0) is 16.3. The van der Waals surface area contributed by atoms with Crippen LogP contribution in [0.2, 0.25) is 0 Å². The van der Waals surface area contributed by atoms with Crippen molar-refractivity contribution in [1.29, 1.82) is 0 Å². The molecule has 0 saturated carbocycles. The number of carbonyl (C=O) groups is 1. The van der Waals surface area contributed by atoms with Crippen molar-refractivity contribution >= 4 is 16.9 Å². The summed E-state index contributed by atoms with van der Waals surface area (Å²) in [5.74, 6) is 0.237. The lowest BCUT2D eigenvalue weighted by molar-refractivity contribution is 0.0909. The first-order valence-corrected chi connectivity index (χ1v) is 7.99. The van der Waals surface area contributed by atoms with Crippen LogP contribution in [0.5, 0.6) is 0 Å². The van der Waals surface area contributed by atoms with Gasteiger partial charge < -0.3 is 15.5 Å². The Bertz CT molecular complexity index is 673. The number of hydrogen-bond donors (Lipinski definition) is 2. The van der Waals surface area contributed by atoms with Crippen molar-refractivity contribution < 1.29 is 9.21 Å². The van der Waals surface area contributed by atoms with E-state index < -0.39 is 0 Å². The van der Waals surface area contributed by atoms with Gasteiger partial charge in [0.15, 0.2) is 5.76 Å². The van der Waals surface area contributed by atoms with Gasteiger partial charge in [0.25, 0.3) is 5.91 Å². The van der Waals surface area contributed by atoms with E-state index in [2.05, 4.69) is 18.3 Å². The van der Waals surface area contributed by atoms with E-state index in [0.717, 1.165) is 46.9 Å². The maximum absolute atomic E-state index is 12.5. The van der Waals surface area contributed by atoms with Gasteiger partial charge in [-0.15, -0.1) is 0 Å². The molecular formula is C18H26N2O2. The average molecular weight is 302 g/mol. The summed E-state index contributed by atoms with van der Waals surface area (Å²) in [4.78, 5) is 12.5. The van der Waals surface area contributed by atoms with Crippen molar-refractivity contribution in [1.82, 2.24) is 5.32 Å². The molecule has 3 N–H and O–H groups in total. The lowest BCUT2D eigenvalue weighted by Crippen LogP contribution is -2.40. The number of amides is 1. The Balaban J connectivity index is 2.30. The summed E-state index contributed by atoms with van der Waals surface area (Å²) in [6.45, 7) is 8.55. The first kappa shape index (κ1) is 16.6. The maximum Gasteiger partial charge on any atom is 0.287 e. The van der Waals surface area contributed by atoms with Gasteiger partial charge in [-0.3, -0.25) is 4.79 Å². The van der Waals surface area contributed by atoms with Crippen molar-refractivity contribution in [3.8, 4) is 0 Å². The molecule has 0 aliphatic heterocycles. The molecule has 1 amide bonds. The number of carbonyl (C=O) groups excluding carboxylic acids is 1. The van der Waals surface area contributed by atoms with Crippen molar-refractivity contribution in [3.05, 3.63) is 34.6 Å². The number of benzene rings is 1. The summed E-state index contributed by atoms with van der Waals surface area (Å²) in [6.07, 6.45) is 3.05. The minimum atomic E-state index is -0.168. The van der Waals surface area contributed by atoms with E-state index in [1.807, 2.05) is 26.8 Å². The molecule has 1 unspecified atom stereocenters. The largest absolute Gasteiger partial charge is 0.450 e. The molecule has 0 bridgehead atoms. The quantitative estimate of drug-likeness (QED) is 0.856. The Morgan fingerprint density at radius 1 is 1.27 bits per heavy atom. The van der Waals surface area contributed by atoms with E-state index in [1.54, 1.807) is 0 Å². The van der Waals surface area contributed by atoms with Crippen LogP contribution in [0.1, 0.15) is 53.4 Å². The third-order valence-electron chi connectivity index (χ3n) is 4.21. The minimum Gasteiger partial charge on any atom is -0.450 e. The fourth-order valence-corrected chi connectivity index (χ4v) is 2.84. The Kier molecular flexibility index (Phi) is 5.24. The molecule has 4 nitrogen and oxygen atoms in total. The third kappa shape index (κ3) is 3.17. The van der Waals surface area contributed by atoms with Gasteiger partial charge in [-0.1, -0.05) is 31.9 Å². The Hall–Kier alpha value is -1.81. The second kappa shape index (κ2) is 6.97. The van der Waals surface area contributed by atoms with Crippen LogP contribution in [-0.2, 0) is 0 Å². The number of unbranched alkanes of at least 4 members (excludes halogenated alkanes) is 1. The highest BCUT2D eigenvalue weighted by molar-refractivity contribution is 6.00. The first-order valence-electron chi connectivity index (χ1n) is 7.99. The van der Waals surface area contributed by atoms with E-state index in [1.165, 1.54) is 0 Å². The number of hydrogen-bond acceptors (Lipinski definition) is 3. The summed E-state index contributed by atoms with van der Waals surface area (Å²) in [5, 5.41) is 4.05. The number of rotatable bonds is 6. The van der Waals surface area contributed by atoms with Crippen molar-refractivity contribution in [2.75, 3.05) is 6.54 Å². The zero-order valence-electron chi connectivity index (χ0n) is 14.0. The van der Waals surface area contributed by atoms with Crippen molar-refractivity contribution in [3.63, 3.8) is 0 Å². The maximum atomic E-state index is 12.5. The predicted octanol–water partition coefficient (Wildman–Crippen LogP) is 3.61. The molecule has 1 atom stereocenters. The van der Waals surface area contributed by atoms with Gasteiger partial charge in [0.1, 0.15) is 5.58 Å². The molecule has 0 saturated heterocycles. The summed E-state index contributed by atoms with van der Waals surface area (Å²) < 4.78 is 5.87. The van der Waals surface area contributed by atoms with E-state index >= 15 is 0 Å². The highest BCUT2D eigenvalue weighted by atomic mass is 16.3. The molecule has 0 spiro atoms. The van der Waals surface area contributed by atoms with E-state index in [4.69, 9.17) is 10.2 Å². The number of nitrogens with one attached hydrogen (secondary N) is 1. The zero-order valence-corrected chi connectivity index (χ0v) is 14.0. The number of fused-ring (bicyclic) bond motifs is 1. The molecular weight excluding hydrogens is 276 g/mol. The second-order valence-electron chi connectivity index (χ2n) is 6.01. The van der Waals surface area contributed by atoms with Crippen LogP contribution in [0, 0.1) is 20.8 Å². The fourth-order valence-electron chi connectivity index (χ4n) is 2.84. The van der Waals surface area contributed by atoms with E-state index in [9.17, 15) is 4.79 Å². The Labute approximate surface area is 132 Å². The van der Waals surface area contributed by atoms with Gasteiger partial charge in [0.2, 0.25) is 0 Å². The van der Waals surface area contributed by atoms with E-state index in [-0.39, 0.29) is 11.9 Å². The van der Waals surface area contributed by atoms with Crippen LogP contribution < -0.4 is 11.1 Å². The van der Waals surface area contributed by atoms with Crippen LogP contribution in [0.15, 0.2) is 16.5 Å². The van der Waals surface area contributed by atoms with Gasteiger partial charge in [0.05, 0.1) is 0 Å². The van der Waals surface area contributed by atoms with Crippen LogP contribution >= 0.6 is 0 Å². The van der Waals surface area contributed by atoms with Gasteiger partial charge in [-0.25, -0.2) is 0 Å². The highest BCUT2D eigenvalue weighted by Gasteiger charge is 2.21. The smallest absolute Gasteiger partial charge is 0.287 e. The highest BCUT2D eigenvalue weighted by Crippen LogP contribution is 2.30. The Morgan fingerprint density at radius 3 is 2.55 bits per heavy atom. The second-order valence-corrected chi connectivity index (χ2v) is 6.01. The molecule has 1 heterocycles. The molecule has 2 aromatic rings. The van der Waals surface area contributed by atoms with Gasteiger partial charge in [-0.2, -0.15) is 0 Å². The number of nitrogens with two attached hydrogens (primary N) is 1. The van der Waals surface area contributed by atoms with Gasteiger partial charge in [0, 0.05) is 23.5 Å². The fraction of sp³-hybridized carbons (Fsp3) is 0.500. The van der Waals surface area contributed by atoms with E-state index in [0.29, 0.717) is 12.3 Å². The molecule has 4 heteroatoms. The first-order chi connectivity index (χ1) is 10.5. The minimum absolute atomic E-state index is 0.00209. The molecule has 0 aliphatic rings. The van der Waals surface area contributed by atoms with Gasteiger partial charge in [-0.05, 0) is 38.3 Å². The van der Waals surface area contributed by atoms with Gasteiger partial charge >= 0.3 is 0 Å². The molecule has 1 aromatic heterocycles. The molecule has 22 heavy (non-hydrogen) atoms. The van der Waals surface area contributed by atoms with Crippen LogP contribution in [0.25, 0.3) is 11.0 Å². The monoisotopic (exact) mass is 302 g/mol. The van der Waals surface area contributed by atoms with Crippen molar-refractivity contribution in [2.45, 2.75) is 53.0 Å². The SMILES string of the molecule is CCCCC(CN)NC(=O)c1oc2c(C)ccc(C)c2c1C. The average Bonchev–Trinajstić information content (AvgIpc) is 2.86. The summed E-state index contributed by atoms with van der Waals surface area (Å²) >= 11 is 0. The molecule has 0 radical (unpaired) electrons. The topological polar surface area (TPSA) is 68.3 Å². The summed E-state index contributed by atoms with van der Waals surface area (Å²) in [5.41, 5.74) is 9.64. The van der Waals surface area contributed by atoms with Crippen molar-refractivity contribution in [2.24, 2.45) is 5.73 Å². The lowest BCUT2D eigenvalue weighted by atomic mass is 10.0. The van der Waals surface area contributed by atoms with Crippen LogP contribution in [-0.4, -0.2) is 18.5 Å². The number of furan rings is 1. The van der Waals surface area contributed by atoms with Crippen LogP contribution in [0.3, 0.4) is 0 Å². The molecule has 0 fully saturated rings. The molecule has 2 rings (SSSR count). The number of aryl methyl sites for hydroxylation is 3. The standard InChI is InChI=1S/C18H26N2O2/c1-5-6-7-14(10-19)20-18(21)17-13(4)15-11(2)8-9-12(3)16(15)22-17/h8-9,14H,5-7,10,19H2,1-4H3,(H,20,21). The third-order valence-corrected chi connectivity index (χ3v) is 4.21. The molecule has 0 aliphatic carbocycles. The molecule has 1 aromatic carbocycles. The predicted molar refractivity (Wildman–Crippen MR) is 90.3 cm³/mol.